The van der Waals surface area contributed by atoms with E-state index in [4.69, 9.17) is 19.7 Å². The van der Waals surface area contributed by atoms with Crippen LogP contribution in [0.5, 0.6) is 5.75 Å². The van der Waals surface area contributed by atoms with E-state index in [0.29, 0.717) is 17.5 Å². The Bertz CT molecular complexity index is 5330. The van der Waals surface area contributed by atoms with Crippen molar-refractivity contribution < 1.29 is 4.74 Å². The van der Waals surface area contributed by atoms with Crippen molar-refractivity contribution in [3.05, 3.63) is 339 Å². The molecule has 96 heavy (non-hydrogen) atoms. The molecule has 0 fully saturated rings. The average Bonchev–Trinajstić information content (AvgIpc) is 1.59. The van der Waals surface area contributed by atoms with Crippen LogP contribution in [0.4, 0.5) is 0 Å². The molecule has 0 saturated carbocycles. The maximum atomic E-state index is 5.66. The molecule has 3 heterocycles. The summed E-state index contributed by atoms with van der Waals surface area (Å²) in [6.07, 6.45) is 0. The third kappa shape index (κ3) is 10.6. The number of rotatable bonds is 13. The normalized spacial score (nSPS) is 11.5. The molecule has 0 amide bonds. The number of fused-ring (bicyclic) bond motifs is 6. The fourth-order valence-corrected chi connectivity index (χ4v) is 14.1. The number of nitrogens with zero attached hydrogens (tertiary/aromatic N) is 5. The summed E-state index contributed by atoms with van der Waals surface area (Å²) < 4.78 is 10.5. The minimum Gasteiger partial charge on any atom is -0.497 e. The van der Waals surface area contributed by atoms with Gasteiger partial charge in [0.1, 0.15) is 5.75 Å². The van der Waals surface area contributed by atoms with Crippen LogP contribution in [-0.2, 0) is 0 Å². The van der Waals surface area contributed by atoms with E-state index < -0.39 is 0 Å². The first-order chi connectivity index (χ1) is 47.3. The molecule has 14 aromatic carbocycles. The first-order valence-electron chi connectivity index (χ1n) is 32.7. The van der Waals surface area contributed by atoms with Gasteiger partial charge in [0.2, 0.25) is 0 Å². The van der Waals surface area contributed by atoms with Crippen molar-refractivity contribution in [1.29, 1.82) is 0 Å². The summed E-state index contributed by atoms with van der Waals surface area (Å²) in [6, 6.07) is 118. The molecule has 0 radical (unpaired) electrons. The van der Waals surface area contributed by atoms with E-state index >= 15 is 0 Å². The van der Waals surface area contributed by atoms with Crippen molar-refractivity contribution in [2.45, 2.75) is 13.8 Å². The van der Waals surface area contributed by atoms with Gasteiger partial charge in [0.15, 0.2) is 17.5 Å². The van der Waals surface area contributed by atoms with Crippen molar-refractivity contribution in [2.24, 2.45) is 0 Å². The van der Waals surface area contributed by atoms with Gasteiger partial charge >= 0.3 is 0 Å². The topological polar surface area (TPSA) is 57.8 Å². The number of aromatic nitrogens is 5. The molecule has 3 aromatic heterocycles. The predicted octanol–water partition coefficient (Wildman–Crippen LogP) is 23.4. The zero-order valence-electron chi connectivity index (χ0n) is 53.3. The lowest BCUT2D eigenvalue weighted by atomic mass is 9.97. The summed E-state index contributed by atoms with van der Waals surface area (Å²) in [6.45, 7) is 4.43. The fourth-order valence-electron chi connectivity index (χ4n) is 14.1. The van der Waals surface area contributed by atoms with Gasteiger partial charge in [-0.1, -0.05) is 224 Å². The SMILES string of the molecule is COc1cccc(-c2cccc(-c3nc(-c4cccc(-c5ccc(-n6c7ccc(-c8ccccc8)cc7c7cc(-c8ccccc8)ccc76)cc5C)c4)nc(-c4cccc(-c5ccc(-n6c7ccc(-c8ccccc8)cc7c7cc(-c8ccccc8)ccc76)cc5C)c4)n3)c2)c1. The van der Waals surface area contributed by atoms with Crippen molar-refractivity contribution >= 4 is 43.6 Å². The maximum absolute atomic E-state index is 5.66. The molecular weight excluding hydrogens is 1170 g/mol. The fraction of sp³-hybridized carbons (Fsp3) is 0.0333. The zero-order chi connectivity index (χ0) is 64.2. The number of methoxy groups -OCH3 is 1. The highest BCUT2D eigenvalue weighted by Crippen LogP contribution is 2.42. The Hall–Kier alpha value is -12.5. The molecule has 0 N–H and O–H groups in total. The molecule has 17 aromatic rings. The third-order valence-electron chi connectivity index (χ3n) is 18.9. The molecule has 0 atom stereocenters. The predicted molar refractivity (Wildman–Crippen MR) is 399 cm³/mol. The Morgan fingerprint density at radius 1 is 0.229 bits per heavy atom. The molecule has 0 aliphatic carbocycles. The summed E-state index contributed by atoms with van der Waals surface area (Å²) in [4.78, 5) is 16.1. The second-order valence-corrected chi connectivity index (χ2v) is 24.8. The molecule has 0 spiro atoms. The van der Waals surface area contributed by atoms with Gasteiger partial charge in [0, 0.05) is 49.6 Å². The number of hydrogen-bond acceptors (Lipinski definition) is 4. The average molecular weight is 1230 g/mol. The Balaban J connectivity index is 0.746. The molecule has 17 rings (SSSR count). The van der Waals surface area contributed by atoms with Crippen LogP contribution in [0.15, 0.2) is 328 Å². The summed E-state index contributed by atoms with van der Waals surface area (Å²) in [5, 5.41) is 4.85. The van der Waals surface area contributed by atoms with E-state index in [0.717, 1.165) is 100 Å². The van der Waals surface area contributed by atoms with Gasteiger partial charge in [0.05, 0.1) is 29.2 Å². The van der Waals surface area contributed by atoms with Gasteiger partial charge in [-0.2, -0.15) is 0 Å². The highest BCUT2D eigenvalue weighted by Gasteiger charge is 2.21. The molecule has 6 nitrogen and oxygen atoms in total. The van der Waals surface area contributed by atoms with E-state index in [1.165, 1.54) is 66.1 Å². The van der Waals surface area contributed by atoms with E-state index in [1.54, 1.807) is 7.11 Å². The van der Waals surface area contributed by atoms with Crippen molar-refractivity contribution in [2.75, 3.05) is 7.11 Å². The van der Waals surface area contributed by atoms with E-state index in [1.807, 2.05) is 12.1 Å². The number of ether oxygens (including phenoxy) is 1. The second-order valence-electron chi connectivity index (χ2n) is 24.8. The molecule has 454 valence electrons. The summed E-state index contributed by atoms with van der Waals surface area (Å²) in [5.41, 5.74) is 27.8. The highest BCUT2D eigenvalue weighted by atomic mass is 16.5. The van der Waals surface area contributed by atoms with Crippen molar-refractivity contribution in [1.82, 2.24) is 24.1 Å². The van der Waals surface area contributed by atoms with Gasteiger partial charge in [-0.3, -0.25) is 0 Å². The van der Waals surface area contributed by atoms with Crippen LogP contribution in [0.1, 0.15) is 11.1 Å². The van der Waals surface area contributed by atoms with Gasteiger partial charge in [0.25, 0.3) is 0 Å². The van der Waals surface area contributed by atoms with Crippen molar-refractivity contribution in [3.8, 4) is 129 Å². The molecule has 0 aliphatic rings. The first kappa shape index (κ1) is 57.4. The maximum Gasteiger partial charge on any atom is 0.164 e. The van der Waals surface area contributed by atoms with Crippen LogP contribution in [0.2, 0.25) is 0 Å². The van der Waals surface area contributed by atoms with Crippen molar-refractivity contribution in [3.63, 3.8) is 0 Å². The third-order valence-corrected chi connectivity index (χ3v) is 18.9. The Kier molecular flexibility index (Phi) is 14.5. The molecule has 0 aliphatic heterocycles. The molecule has 0 saturated heterocycles. The van der Waals surface area contributed by atoms with Crippen LogP contribution in [0, 0.1) is 13.8 Å². The van der Waals surface area contributed by atoms with Crippen LogP contribution in [0.25, 0.3) is 167 Å². The van der Waals surface area contributed by atoms with Gasteiger partial charge in [-0.15, -0.1) is 0 Å². The standard InChI is InChI=1S/C90H63N5O/c1-58-48-75(94-84-44-36-66(60-20-8-4-9-21-60)54-80(84)81-55-67(37-45-85(81)94)61-22-10-5-11-23-61)40-42-78(58)70-30-17-33-73(51-70)89-91-88(72-32-16-28-64(50-72)65-29-19-35-77(53-65)96-3)92-90(93-89)74-34-18-31-71(52-74)79-43-41-76(49-59(79)2)95-86-46-38-68(62-24-12-6-13-25-62)56-82(86)83-57-69(39-47-87(83)95)63-26-14-7-15-27-63/h4-57H,1-3H3. The smallest absolute Gasteiger partial charge is 0.164 e. The zero-order valence-corrected chi connectivity index (χ0v) is 53.3. The van der Waals surface area contributed by atoms with Gasteiger partial charge in [-0.05, 0) is 206 Å². The first-order valence-corrected chi connectivity index (χ1v) is 32.7. The lowest BCUT2D eigenvalue weighted by molar-refractivity contribution is 0.415. The van der Waals surface area contributed by atoms with Crippen LogP contribution in [-0.4, -0.2) is 31.2 Å². The molecule has 0 unspecified atom stereocenters. The minimum atomic E-state index is 0.576. The Morgan fingerprint density at radius 3 is 0.844 bits per heavy atom. The summed E-state index contributed by atoms with van der Waals surface area (Å²) in [5.74, 6) is 2.53. The quantitative estimate of drug-likeness (QED) is 0.115. The number of hydrogen-bond donors (Lipinski definition) is 0. The Morgan fingerprint density at radius 2 is 0.510 bits per heavy atom. The van der Waals surface area contributed by atoms with Gasteiger partial charge < -0.3 is 13.9 Å². The minimum absolute atomic E-state index is 0.576. The highest BCUT2D eigenvalue weighted by molar-refractivity contribution is 6.13. The largest absolute Gasteiger partial charge is 0.497 e. The molecular formula is C90H63N5O. The summed E-state index contributed by atoms with van der Waals surface area (Å²) in [7, 11) is 1.70. The van der Waals surface area contributed by atoms with Crippen LogP contribution in [0.3, 0.4) is 0 Å². The van der Waals surface area contributed by atoms with Crippen LogP contribution < -0.4 is 4.74 Å². The second kappa shape index (κ2) is 24.2. The van der Waals surface area contributed by atoms with E-state index in [9.17, 15) is 0 Å². The monoisotopic (exact) mass is 1230 g/mol. The Labute approximate surface area is 558 Å². The van der Waals surface area contributed by atoms with Gasteiger partial charge in [-0.25, -0.2) is 15.0 Å². The van der Waals surface area contributed by atoms with Crippen LogP contribution >= 0.6 is 0 Å². The summed E-state index contributed by atoms with van der Waals surface area (Å²) >= 11 is 0. The molecule has 6 heteroatoms. The number of benzene rings is 14. The lowest BCUT2D eigenvalue weighted by Crippen LogP contribution is -2.01. The van der Waals surface area contributed by atoms with E-state index in [-0.39, 0.29) is 0 Å². The lowest BCUT2D eigenvalue weighted by Gasteiger charge is -2.14. The molecule has 0 bridgehead atoms. The number of aryl methyl sites for hydroxylation is 2. The van der Waals surface area contributed by atoms with E-state index in [2.05, 4.69) is 338 Å².